The Morgan fingerprint density at radius 3 is 2.17 bits per heavy atom. The molecule has 0 aliphatic rings. The standard InChI is InChI=1S/C17H31N5O6S/c1-4-9(2)14(19)16(26)20-8-13(24)21-11(7-12(18)23)15(25)22-10(17(27)28)5-6-29-3/h9-11,14H,4-8,19H2,1-3H3,(H2,18,23)(H,20,26)(H,21,24)(H,22,25)(H,27,28). The minimum absolute atomic E-state index is 0.0827. The van der Waals surface area contributed by atoms with Gasteiger partial charge in [-0.1, -0.05) is 20.3 Å². The number of carbonyl (C=O) groups is 5. The fourth-order valence-electron chi connectivity index (χ4n) is 2.22. The average Bonchev–Trinajstić information content (AvgIpc) is 2.66. The van der Waals surface area contributed by atoms with Gasteiger partial charge in [-0.3, -0.25) is 19.2 Å². The van der Waals surface area contributed by atoms with Gasteiger partial charge in [0.15, 0.2) is 0 Å². The zero-order valence-electron chi connectivity index (χ0n) is 16.9. The maximum Gasteiger partial charge on any atom is 0.326 e. The first-order chi connectivity index (χ1) is 13.5. The van der Waals surface area contributed by atoms with Crippen LogP contribution in [0.1, 0.15) is 33.1 Å². The van der Waals surface area contributed by atoms with Gasteiger partial charge < -0.3 is 32.5 Å². The Labute approximate surface area is 174 Å². The Morgan fingerprint density at radius 1 is 1.07 bits per heavy atom. The fourth-order valence-corrected chi connectivity index (χ4v) is 2.69. The van der Waals surface area contributed by atoms with Gasteiger partial charge in [0, 0.05) is 0 Å². The number of nitrogens with one attached hydrogen (secondary N) is 3. The van der Waals surface area contributed by atoms with E-state index in [2.05, 4.69) is 16.0 Å². The van der Waals surface area contributed by atoms with E-state index < -0.39 is 60.7 Å². The van der Waals surface area contributed by atoms with E-state index in [9.17, 15) is 29.1 Å². The number of nitrogens with two attached hydrogens (primary N) is 2. The molecule has 4 unspecified atom stereocenters. The van der Waals surface area contributed by atoms with E-state index >= 15 is 0 Å². The molecule has 4 amide bonds. The van der Waals surface area contributed by atoms with Crippen molar-refractivity contribution >= 4 is 41.4 Å². The Kier molecular flexibility index (Phi) is 12.7. The van der Waals surface area contributed by atoms with Crippen LogP contribution in [-0.4, -0.2) is 71.4 Å². The Bertz CT molecular complexity index is 603. The lowest BCUT2D eigenvalue weighted by molar-refractivity contribution is -0.142. The first-order valence-corrected chi connectivity index (χ1v) is 10.6. The highest BCUT2D eigenvalue weighted by Gasteiger charge is 2.28. The van der Waals surface area contributed by atoms with Crippen LogP contribution in [0.25, 0.3) is 0 Å². The zero-order chi connectivity index (χ0) is 22.6. The molecule has 0 aromatic carbocycles. The molecule has 0 aliphatic heterocycles. The van der Waals surface area contributed by atoms with Gasteiger partial charge in [0.25, 0.3) is 0 Å². The lowest BCUT2D eigenvalue weighted by atomic mass is 9.99. The van der Waals surface area contributed by atoms with Crippen molar-refractivity contribution in [2.24, 2.45) is 17.4 Å². The van der Waals surface area contributed by atoms with Crippen molar-refractivity contribution < 1.29 is 29.1 Å². The smallest absolute Gasteiger partial charge is 0.326 e. The Hall–Kier alpha value is -2.34. The predicted octanol–water partition coefficient (Wildman–Crippen LogP) is -1.84. The number of carbonyl (C=O) groups excluding carboxylic acids is 4. The van der Waals surface area contributed by atoms with Crippen molar-refractivity contribution in [3.05, 3.63) is 0 Å². The maximum absolute atomic E-state index is 12.4. The first-order valence-electron chi connectivity index (χ1n) is 9.16. The summed E-state index contributed by atoms with van der Waals surface area (Å²) in [4.78, 5) is 58.9. The third kappa shape index (κ3) is 10.7. The molecule has 0 rings (SSSR count). The summed E-state index contributed by atoms with van der Waals surface area (Å²) in [5.74, 6) is -3.80. The summed E-state index contributed by atoms with van der Waals surface area (Å²) in [5.41, 5.74) is 10.9. The van der Waals surface area contributed by atoms with Gasteiger partial charge in [-0.05, 0) is 24.3 Å². The number of aliphatic carboxylic acids is 1. The van der Waals surface area contributed by atoms with Crippen LogP contribution in [-0.2, 0) is 24.0 Å². The van der Waals surface area contributed by atoms with E-state index in [-0.39, 0.29) is 12.3 Å². The van der Waals surface area contributed by atoms with E-state index in [1.54, 1.807) is 13.2 Å². The summed E-state index contributed by atoms with van der Waals surface area (Å²) in [7, 11) is 0. The van der Waals surface area contributed by atoms with Crippen molar-refractivity contribution in [1.29, 1.82) is 0 Å². The molecule has 4 atom stereocenters. The van der Waals surface area contributed by atoms with Crippen LogP contribution < -0.4 is 27.4 Å². The Morgan fingerprint density at radius 2 is 1.69 bits per heavy atom. The molecule has 0 aliphatic carbocycles. The summed E-state index contributed by atoms with van der Waals surface area (Å²) in [6, 6.07) is -3.32. The molecule has 0 aromatic rings. The molecular formula is C17H31N5O6S. The average molecular weight is 434 g/mol. The number of carboxylic acid groups (broad SMARTS) is 1. The summed E-state index contributed by atoms with van der Waals surface area (Å²) in [5, 5.41) is 16.1. The number of amides is 4. The summed E-state index contributed by atoms with van der Waals surface area (Å²) in [6.45, 7) is 3.22. The van der Waals surface area contributed by atoms with E-state index in [0.29, 0.717) is 12.2 Å². The summed E-state index contributed by atoms with van der Waals surface area (Å²) in [6.07, 6.45) is 2.12. The quantitative estimate of drug-likeness (QED) is 0.184. The van der Waals surface area contributed by atoms with Crippen molar-refractivity contribution in [1.82, 2.24) is 16.0 Å². The molecule has 166 valence electrons. The van der Waals surface area contributed by atoms with Gasteiger partial charge in [0.05, 0.1) is 19.0 Å². The molecule has 11 nitrogen and oxygen atoms in total. The second-order valence-electron chi connectivity index (χ2n) is 6.60. The predicted molar refractivity (Wildman–Crippen MR) is 109 cm³/mol. The summed E-state index contributed by atoms with van der Waals surface area (Å²) < 4.78 is 0. The molecular weight excluding hydrogens is 402 g/mol. The summed E-state index contributed by atoms with van der Waals surface area (Å²) >= 11 is 1.41. The number of thioether (sulfide) groups is 1. The van der Waals surface area contributed by atoms with E-state index in [4.69, 9.17) is 11.5 Å². The molecule has 0 saturated heterocycles. The maximum atomic E-state index is 12.4. The molecule has 12 heteroatoms. The number of hydrogen-bond acceptors (Lipinski definition) is 7. The highest BCUT2D eigenvalue weighted by Crippen LogP contribution is 2.05. The monoisotopic (exact) mass is 433 g/mol. The van der Waals surface area contributed by atoms with Crippen LogP contribution in [0.15, 0.2) is 0 Å². The van der Waals surface area contributed by atoms with E-state index in [0.717, 1.165) is 0 Å². The molecule has 29 heavy (non-hydrogen) atoms. The topological polar surface area (TPSA) is 194 Å². The van der Waals surface area contributed by atoms with Gasteiger partial charge in [-0.15, -0.1) is 0 Å². The molecule has 0 aromatic heterocycles. The number of hydrogen-bond donors (Lipinski definition) is 6. The van der Waals surface area contributed by atoms with Crippen LogP contribution in [0.4, 0.5) is 0 Å². The van der Waals surface area contributed by atoms with Crippen LogP contribution >= 0.6 is 11.8 Å². The number of rotatable bonds is 14. The number of carboxylic acids is 1. The van der Waals surface area contributed by atoms with Crippen LogP contribution in [0.3, 0.4) is 0 Å². The second-order valence-corrected chi connectivity index (χ2v) is 7.59. The first kappa shape index (κ1) is 26.7. The second kappa shape index (κ2) is 13.8. The third-order valence-electron chi connectivity index (χ3n) is 4.27. The molecule has 0 bridgehead atoms. The highest BCUT2D eigenvalue weighted by molar-refractivity contribution is 7.98. The van der Waals surface area contributed by atoms with Crippen molar-refractivity contribution in [3.8, 4) is 0 Å². The van der Waals surface area contributed by atoms with E-state index in [1.165, 1.54) is 11.8 Å². The van der Waals surface area contributed by atoms with Gasteiger partial charge >= 0.3 is 5.97 Å². The third-order valence-corrected chi connectivity index (χ3v) is 4.91. The normalized spacial score (nSPS) is 14.8. The Balaban J connectivity index is 4.90. The van der Waals surface area contributed by atoms with Gasteiger partial charge in [0.2, 0.25) is 23.6 Å². The van der Waals surface area contributed by atoms with Crippen molar-refractivity contribution in [3.63, 3.8) is 0 Å². The molecule has 0 heterocycles. The van der Waals surface area contributed by atoms with E-state index in [1.807, 2.05) is 6.92 Å². The van der Waals surface area contributed by atoms with Gasteiger partial charge in [-0.2, -0.15) is 11.8 Å². The largest absolute Gasteiger partial charge is 0.480 e. The molecule has 0 fully saturated rings. The minimum Gasteiger partial charge on any atom is -0.480 e. The SMILES string of the molecule is CCC(C)C(N)C(=O)NCC(=O)NC(CC(N)=O)C(=O)NC(CCSC)C(=O)O. The van der Waals surface area contributed by atoms with Crippen LogP contribution in [0.5, 0.6) is 0 Å². The van der Waals surface area contributed by atoms with Gasteiger partial charge in [-0.25, -0.2) is 4.79 Å². The lowest BCUT2D eigenvalue weighted by Gasteiger charge is -2.21. The van der Waals surface area contributed by atoms with Crippen molar-refractivity contribution in [2.45, 2.75) is 51.2 Å². The molecule has 0 spiro atoms. The van der Waals surface area contributed by atoms with Crippen molar-refractivity contribution in [2.75, 3.05) is 18.6 Å². The fraction of sp³-hybridized carbons (Fsp3) is 0.706. The van der Waals surface area contributed by atoms with Gasteiger partial charge in [0.1, 0.15) is 12.1 Å². The number of primary amides is 1. The van der Waals surface area contributed by atoms with Crippen LogP contribution in [0, 0.1) is 5.92 Å². The molecule has 0 radical (unpaired) electrons. The zero-order valence-corrected chi connectivity index (χ0v) is 17.7. The molecule has 8 N–H and O–H groups in total. The lowest BCUT2D eigenvalue weighted by Crippen LogP contribution is -2.55. The minimum atomic E-state index is -1.36. The molecule has 0 saturated carbocycles. The highest BCUT2D eigenvalue weighted by atomic mass is 32.2. The van der Waals surface area contributed by atoms with Crippen LogP contribution in [0.2, 0.25) is 0 Å².